The summed E-state index contributed by atoms with van der Waals surface area (Å²) in [6, 6.07) is 11.3. The van der Waals surface area contributed by atoms with Crippen LogP contribution >= 0.6 is 0 Å². The van der Waals surface area contributed by atoms with Gasteiger partial charge in [-0.25, -0.2) is 4.79 Å². The van der Waals surface area contributed by atoms with E-state index < -0.39 is 5.63 Å². The number of benzene rings is 2. The van der Waals surface area contributed by atoms with Crippen LogP contribution in [0.3, 0.4) is 0 Å². The first-order valence-corrected chi connectivity index (χ1v) is 10.3. The lowest BCUT2D eigenvalue weighted by molar-refractivity contribution is -0.144. The summed E-state index contributed by atoms with van der Waals surface area (Å²) in [4.78, 5) is 23.9. The molecule has 0 spiro atoms. The molecular formula is C25H28O6. The lowest BCUT2D eigenvalue weighted by Gasteiger charge is -2.15. The maximum Gasteiger partial charge on any atom is 0.336 e. The normalized spacial score (nSPS) is 11.0. The molecule has 0 unspecified atom stereocenters. The monoisotopic (exact) mass is 424 g/mol. The number of fused-ring (bicyclic) bond motifs is 1. The molecular weight excluding hydrogens is 396 g/mol. The Morgan fingerprint density at radius 2 is 1.77 bits per heavy atom. The molecule has 0 amide bonds. The van der Waals surface area contributed by atoms with Gasteiger partial charge in [-0.2, -0.15) is 0 Å². The third kappa shape index (κ3) is 5.95. The number of ether oxygens (including phenoxy) is 3. The zero-order valence-electron chi connectivity index (χ0n) is 18.4. The van der Waals surface area contributed by atoms with Crippen LogP contribution < -0.4 is 10.4 Å². The molecule has 31 heavy (non-hydrogen) atoms. The number of aryl methyl sites for hydroxylation is 4. The van der Waals surface area contributed by atoms with Crippen molar-refractivity contribution >= 4 is 16.9 Å². The SMILES string of the molecule is COCCOC(=O)CCc1cc2c(C)cc(=O)oc2cc1OCc1cc(C)ccc1C. The van der Waals surface area contributed by atoms with Crippen LogP contribution in [0, 0.1) is 20.8 Å². The second kappa shape index (κ2) is 10.3. The third-order valence-corrected chi connectivity index (χ3v) is 5.17. The molecule has 6 nitrogen and oxygen atoms in total. The number of carbonyl (C=O) groups is 1. The maximum atomic E-state index is 12.1. The third-order valence-electron chi connectivity index (χ3n) is 5.17. The minimum atomic E-state index is -0.403. The molecule has 3 aromatic rings. The van der Waals surface area contributed by atoms with Crippen LogP contribution in [0.4, 0.5) is 0 Å². The van der Waals surface area contributed by atoms with Crippen molar-refractivity contribution in [1.29, 1.82) is 0 Å². The molecule has 0 saturated carbocycles. The molecule has 0 saturated heterocycles. The van der Waals surface area contributed by atoms with Crippen LogP contribution in [-0.2, 0) is 27.3 Å². The van der Waals surface area contributed by atoms with Crippen LogP contribution in [0.5, 0.6) is 5.75 Å². The molecule has 1 heterocycles. The van der Waals surface area contributed by atoms with Crippen LogP contribution in [0.2, 0.25) is 0 Å². The Morgan fingerprint density at radius 3 is 2.55 bits per heavy atom. The van der Waals surface area contributed by atoms with Gasteiger partial charge >= 0.3 is 11.6 Å². The predicted octanol–water partition coefficient (Wildman–Crippen LogP) is 4.42. The molecule has 164 valence electrons. The van der Waals surface area contributed by atoms with Gasteiger partial charge in [0.1, 0.15) is 24.5 Å². The van der Waals surface area contributed by atoms with Gasteiger partial charge in [0.15, 0.2) is 0 Å². The minimum Gasteiger partial charge on any atom is -0.488 e. The van der Waals surface area contributed by atoms with Gasteiger partial charge in [-0.15, -0.1) is 0 Å². The summed E-state index contributed by atoms with van der Waals surface area (Å²) in [7, 11) is 1.56. The van der Waals surface area contributed by atoms with E-state index in [1.165, 1.54) is 6.07 Å². The van der Waals surface area contributed by atoms with Gasteiger partial charge in [0.05, 0.1) is 6.61 Å². The largest absolute Gasteiger partial charge is 0.488 e. The van der Waals surface area contributed by atoms with Gasteiger partial charge in [-0.3, -0.25) is 4.79 Å². The van der Waals surface area contributed by atoms with Crippen molar-refractivity contribution in [2.75, 3.05) is 20.3 Å². The van der Waals surface area contributed by atoms with E-state index in [0.29, 0.717) is 31.0 Å². The lowest BCUT2D eigenvalue weighted by Crippen LogP contribution is -2.11. The Balaban J connectivity index is 1.87. The lowest BCUT2D eigenvalue weighted by atomic mass is 10.0. The van der Waals surface area contributed by atoms with E-state index in [-0.39, 0.29) is 19.0 Å². The number of carbonyl (C=O) groups excluding carboxylic acids is 1. The van der Waals surface area contributed by atoms with Crippen molar-refractivity contribution in [3.63, 3.8) is 0 Å². The van der Waals surface area contributed by atoms with E-state index in [4.69, 9.17) is 18.6 Å². The summed E-state index contributed by atoms with van der Waals surface area (Å²) < 4.78 is 21.6. The average Bonchev–Trinajstić information content (AvgIpc) is 2.73. The van der Waals surface area contributed by atoms with Crippen LogP contribution in [0.1, 0.15) is 34.2 Å². The van der Waals surface area contributed by atoms with Crippen molar-refractivity contribution in [2.45, 2.75) is 40.2 Å². The second-order valence-electron chi connectivity index (χ2n) is 7.64. The van der Waals surface area contributed by atoms with E-state index in [1.807, 2.05) is 26.8 Å². The summed E-state index contributed by atoms with van der Waals surface area (Å²) in [6.45, 7) is 6.91. The molecule has 0 N–H and O–H groups in total. The van der Waals surface area contributed by atoms with Crippen molar-refractivity contribution in [3.05, 3.63) is 74.6 Å². The molecule has 0 aliphatic carbocycles. The predicted molar refractivity (Wildman–Crippen MR) is 119 cm³/mol. The molecule has 3 rings (SSSR count). The summed E-state index contributed by atoms with van der Waals surface area (Å²) in [5.74, 6) is 0.292. The summed E-state index contributed by atoms with van der Waals surface area (Å²) >= 11 is 0. The summed E-state index contributed by atoms with van der Waals surface area (Å²) in [5, 5.41) is 0.821. The van der Waals surface area contributed by atoms with Crippen molar-refractivity contribution in [2.24, 2.45) is 0 Å². The van der Waals surface area contributed by atoms with Crippen molar-refractivity contribution < 1.29 is 23.4 Å². The highest BCUT2D eigenvalue weighted by molar-refractivity contribution is 5.83. The van der Waals surface area contributed by atoms with Crippen LogP contribution in [0.15, 0.2) is 45.6 Å². The molecule has 0 bridgehead atoms. The number of hydrogen-bond acceptors (Lipinski definition) is 6. The molecule has 1 aromatic heterocycles. The fourth-order valence-corrected chi connectivity index (χ4v) is 3.38. The highest BCUT2D eigenvalue weighted by atomic mass is 16.6. The van der Waals surface area contributed by atoms with E-state index in [2.05, 4.69) is 18.2 Å². The molecule has 2 aromatic carbocycles. The summed E-state index contributed by atoms with van der Waals surface area (Å²) in [6.07, 6.45) is 0.660. The molecule has 0 fully saturated rings. The summed E-state index contributed by atoms with van der Waals surface area (Å²) in [5.41, 5.74) is 5.11. The molecule has 0 aliphatic rings. The highest BCUT2D eigenvalue weighted by Crippen LogP contribution is 2.29. The number of rotatable bonds is 9. The molecule has 0 aliphatic heterocycles. The first-order chi connectivity index (χ1) is 14.9. The standard InChI is InChI=1S/C25H28O6/c1-16-5-6-17(2)20(11-16)15-30-22-14-23-21(18(3)12-25(27)31-23)13-19(22)7-8-24(26)29-10-9-28-4/h5-6,11-14H,7-10,15H2,1-4H3. The van der Waals surface area contributed by atoms with Gasteiger partial charge in [0.25, 0.3) is 0 Å². The fourth-order valence-electron chi connectivity index (χ4n) is 3.38. The van der Waals surface area contributed by atoms with E-state index in [0.717, 1.165) is 33.2 Å². The Morgan fingerprint density at radius 1 is 0.968 bits per heavy atom. The van der Waals surface area contributed by atoms with Crippen molar-refractivity contribution in [1.82, 2.24) is 0 Å². The highest BCUT2D eigenvalue weighted by Gasteiger charge is 2.14. The molecule has 6 heteroatoms. The Kier molecular flexibility index (Phi) is 7.47. The fraction of sp³-hybridized carbons (Fsp3) is 0.360. The topological polar surface area (TPSA) is 75.0 Å². The van der Waals surface area contributed by atoms with Gasteiger partial charge in [-0.1, -0.05) is 23.8 Å². The smallest absolute Gasteiger partial charge is 0.336 e. The van der Waals surface area contributed by atoms with Crippen molar-refractivity contribution in [3.8, 4) is 5.75 Å². The average molecular weight is 424 g/mol. The first kappa shape index (κ1) is 22.6. The zero-order valence-corrected chi connectivity index (χ0v) is 18.4. The van der Waals surface area contributed by atoms with Gasteiger partial charge in [-0.05, 0) is 55.5 Å². The van der Waals surface area contributed by atoms with E-state index in [1.54, 1.807) is 13.2 Å². The Labute approximate surface area is 181 Å². The Hall–Kier alpha value is -3.12. The van der Waals surface area contributed by atoms with Gasteiger partial charge < -0.3 is 18.6 Å². The zero-order chi connectivity index (χ0) is 22.4. The second-order valence-corrected chi connectivity index (χ2v) is 7.64. The quantitative estimate of drug-likeness (QED) is 0.288. The minimum absolute atomic E-state index is 0.213. The maximum absolute atomic E-state index is 12.1. The molecule has 0 radical (unpaired) electrons. The molecule has 0 atom stereocenters. The van der Waals surface area contributed by atoms with E-state index in [9.17, 15) is 9.59 Å². The number of methoxy groups -OCH3 is 1. The number of hydrogen-bond donors (Lipinski definition) is 0. The van der Waals surface area contributed by atoms with Crippen LogP contribution in [-0.4, -0.2) is 26.3 Å². The van der Waals surface area contributed by atoms with Gasteiger partial charge in [0, 0.05) is 31.0 Å². The van der Waals surface area contributed by atoms with E-state index >= 15 is 0 Å². The number of esters is 1. The Bertz CT molecular complexity index is 1130. The van der Waals surface area contributed by atoms with Gasteiger partial charge in [0.2, 0.25) is 0 Å². The first-order valence-electron chi connectivity index (χ1n) is 10.3. The van der Waals surface area contributed by atoms with Crippen LogP contribution in [0.25, 0.3) is 11.0 Å².